The van der Waals surface area contributed by atoms with Crippen molar-refractivity contribution >= 4 is 14.4 Å². The van der Waals surface area contributed by atoms with E-state index < -0.39 is 8.32 Å². The summed E-state index contributed by atoms with van der Waals surface area (Å²) < 4.78 is 6.30. The van der Waals surface area contributed by atoms with Crippen LogP contribution < -0.4 is 0 Å². The van der Waals surface area contributed by atoms with Crippen LogP contribution in [0.4, 0.5) is 0 Å². The van der Waals surface area contributed by atoms with Crippen LogP contribution in [0.25, 0.3) is 6.08 Å². The van der Waals surface area contributed by atoms with E-state index >= 15 is 0 Å². The SMILES string of the molecule is C=C/C=C/N(/C(=C/c1ccccc1)O[Si](C)(C)C)C(C)C. The van der Waals surface area contributed by atoms with Crippen LogP contribution in [0.5, 0.6) is 0 Å². The summed E-state index contributed by atoms with van der Waals surface area (Å²) >= 11 is 0. The molecule has 0 saturated carbocycles. The molecule has 0 aromatic heterocycles. The molecule has 1 aromatic carbocycles. The van der Waals surface area contributed by atoms with Gasteiger partial charge in [-0.05, 0) is 45.1 Å². The lowest BCUT2D eigenvalue weighted by molar-refractivity contribution is 0.238. The molecule has 0 amide bonds. The first-order valence-electron chi connectivity index (χ1n) is 7.37. The van der Waals surface area contributed by atoms with Crippen LogP contribution in [0.1, 0.15) is 19.4 Å². The molecular weight excluding hydrogens is 274 g/mol. The fourth-order valence-electron chi connectivity index (χ4n) is 1.82. The second kappa shape index (κ2) is 7.89. The van der Waals surface area contributed by atoms with Crippen molar-refractivity contribution in [2.75, 3.05) is 0 Å². The van der Waals surface area contributed by atoms with Gasteiger partial charge in [-0.15, -0.1) is 0 Å². The fourth-order valence-corrected chi connectivity index (χ4v) is 2.61. The maximum Gasteiger partial charge on any atom is 0.244 e. The van der Waals surface area contributed by atoms with E-state index in [-0.39, 0.29) is 0 Å². The van der Waals surface area contributed by atoms with Crippen molar-refractivity contribution in [2.24, 2.45) is 0 Å². The third kappa shape index (κ3) is 6.49. The summed E-state index contributed by atoms with van der Waals surface area (Å²) in [5, 5.41) is 0. The molecule has 114 valence electrons. The summed E-state index contributed by atoms with van der Waals surface area (Å²) in [6, 6.07) is 10.6. The molecule has 1 aromatic rings. The molecule has 0 radical (unpaired) electrons. The largest absolute Gasteiger partial charge is 0.533 e. The molecule has 21 heavy (non-hydrogen) atoms. The molecule has 0 aliphatic carbocycles. The van der Waals surface area contributed by atoms with E-state index in [0.29, 0.717) is 6.04 Å². The van der Waals surface area contributed by atoms with Gasteiger partial charge in [0, 0.05) is 18.3 Å². The van der Waals surface area contributed by atoms with Crippen LogP contribution in [-0.4, -0.2) is 19.3 Å². The Balaban J connectivity index is 3.19. The topological polar surface area (TPSA) is 12.5 Å². The van der Waals surface area contributed by atoms with Crippen LogP contribution in [0, 0.1) is 0 Å². The molecule has 1 rings (SSSR count). The molecule has 0 bridgehead atoms. The van der Waals surface area contributed by atoms with Crippen molar-refractivity contribution in [3.8, 4) is 0 Å². The van der Waals surface area contributed by atoms with Crippen molar-refractivity contribution in [2.45, 2.75) is 39.5 Å². The lowest BCUT2D eigenvalue weighted by Crippen LogP contribution is -2.33. The molecule has 0 heterocycles. The second-order valence-electron chi connectivity index (χ2n) is 6.19. The van der Waals surface area contributed by atoms with Gasteiger partial charge in [-0.25, -0.2) is 0 Å². The Bertz CT molecular complexity index is 498. The lowest BCUT2D eigenvalue weighted by atomic mass is 10.2. The zero-order valence-corrected chi connectivity index (χ0v) is 14.8. The summed E-state index contributed by atoms with van der Waals surface area (Å²) in [5.74, 6) is 0.897. The fraction of sp³-hybridized carbons (Fsp3) is 0.333. The molecule has 0 unspecified atom stereocenters. The molecule has 0 atom stereocenters. The summed E-state index contributed by atoms with van der Waals surface area (Å²) in [5.41, 5.74) is 1.14. The van der Waals surface area contributed by atoms with Crippen LogP contribution in [0.3, 0.4) is 0 Å². The minimum absolute atomic E-state index is 0.313. The van der Waals surface area contributed by atoms with E-state index in [1.165, 1.54) is 0 Å². The summed E-state index contributed by atoms with van der Waals surface area (Å²) in [6.07, 6.45) is 7.84. The number of hydrogen-bond acceptors (Lipinski definition) is 2. The van der Waals surface area contributed by atoms with E-state index in [4.69, 9.17) is 4.43 Å². The van der Waals surface area contributed by atoms with Crippen molar-refractivity contribution in [3.63, 3.8) is 0 Å². The van der Waals surface area contributed by atoms with E-state index in [0.717, 1.165) is 11.4 Å². The number of allylic oxidation sites excluding steroid dienone is 2. The molecule has 3 heteroatoms. The first-order valence-corrected chi connectivity index (χ1v) is 10.8. The summed E-state index contributed by atoms with van der Waals surface area (Å²) in [6.45, 7) is 14.6. The quantitative estimate of drug-likeness (QED) is 0.387. The number of benzene rings is 1. The predicted molar refractivity (Wildman–Crippen MR) is 95.2 cm³/mol. The minimum Gasteiger partial charge on any atom is -0.533 e. The van der Waals surface area contributed by atoms with Gasteiger partial charge in [0.05, 0.1) is 0 Å². The molecule has 2 nitrogen and oxygen atoms in total. The van der Waals surface area contributed by atoms with E-state index in [2.05, 4.69) is 63.2 Å². The van der Waals surface area contributed by atoms with Gasteiger partial charge in [0.25, 0.3) is 0 Å². The molecule has 0 spiro atoms. The molecule has 0 aliphatic heterocycles. The van der Waals surface area contributed by atoms with Crippen LogP contribution in [0.15, 0.2) is 61.1 Å². The Morgan fingerprint density at radius 2 is 1.81 bits per heavy atom. The average molecular weight is 302 g/mol. The highest BCUT2D eigenvalue weighted by molar-refractivity contribution is 6.70. The Hall–Kier alpha value is -1.74. The van der Waals surface area contributed by atoms with Gasteiger partial charge in [-0.3, -0.25) is 0 Å². The van der Waals surface area contributed by atoms with Crippen molar-refractivity contribution < 1.29 is 4.43 Å². The monoisotopic (exact) mass is 301 g/mol. The number of rotatable bonds is 7. The van der Waals surface area contributed by atoms with Gasteiger partial charge in [0.15, 0.2) is 5.88 Å². The lowest BCUT2D eigenvalue weighted by Gasteiger charge is -2.32. The Morgan fingerprint density at radius 3 is 2.29 bits per heavy atom. The first kappa shape index (κ1) is 17.3. The standard InChI is InChI=1S/C18H27NOSi/c1-7-8-14-19(16(2)3)18(20-21(4,5)6)15-17-12-10-9-11-13-17/h7-16H,1H2,2-6H3/b14-8+,18-15-. The summed E-state index contributed by atoms with van der Waals surface area (Å²) in [4.78, 5) is 2.15. The normalized spacial score (nSPS) is 12.8. The molecule has 0 aliphatic rings. The second-order valence-corrected chi connectivity index (χ2v) is 10.6. The highest BCUT2D eigenvalue weighted by Gasteiger charge is 2.21. The van der Waals surface area contributed by atoms with E-state index in [1.54, 1.807) is 6.08 Å². The Labute approximate surface area is 130 Å². The third-order valence-electron chi connectivity index (χ3n) is 2.69. The van der Waals surface area contributed by atoms with Crippen LogP contribution in [0.2, 0.25) is 19.6 Å². The highest BCUT2D eigenvalue weighted by Crippen LogP contribution is 2.20. The van der Waals surface area contributed by atoms with E-state index in [1.807, 2.05) is 30.5 Å². The van der Waals surface area contributed by atoms with Crippen molar-refractivity contribution in [1.82, 2.24) is 4.90 Å². The van der Waals surface area contributed by atoms with Crippen LogP contribution >= 0.6 is 0 Å². The van der Waals surface area contributed by atoms with Gasteiger partial charge in [-0.1, -0.05) is 43.0 Å². The molecule has 0 saturated heterocycles. The van der Waals surface area contributed by atoms with Gasteiger partial charge in [0.2, 0.25) is 8.32 Å². The molecular formula is C18H27NOSi. The van der Waals surface area contributed by atoms with Crippen molar-refractivity contribution in [1.29, 1.82) is 0 Å². The highest BCUT2D eigenvalue weighted by atomic mass is 28.4. The third-order valence-corrected chi connectivity index (χ3v) is 3.52. The first-order chi connectivity index (χ1) is 9.83. The van der Waals surface area contributed by atoms with Gasteiger partial charge >= 0.3 is 0 Å². The minimum atomic E-state index is -1.69. The van der Waals surface area contributed by atoms with Gasteiger partial charge < -0.3 is 9.33 Å². The zero-order chi connectivity index (χ0) is 15.9. The van der Waals surface area contributed by atoms with Crippen LogP contribution in [-0.2, 0) is 4.43 Å². The maximum atomic E-state index is 6.30. The van der Waals surface area contributed by atoms with Crippen molar-refractivity contribution in [3.05, 3.63) is 66.7 Å². The maximum absolute atomic E-state index is 6.30. The molecule has 0 N–H and O–H groups in total. The van der Waals surface area contributed by atoms with Gasteiger partial charge in [0.1, 0.15) is 0 Å². The smallest absolute Gasteiger partial charge is 0.244 e. The number of nitrogens with zero attached hydrogens (tertiary/aromatic N) is 1. The number of hydrogen-bond donors (Lipinski definition) is 0. The Kier molecular flexibility index (Phi) is 6.50. The average Bonchev–Trinajstić information content (AvgIpc) is 2.38. The molecule has 0 fully saturated rings. The van der Waals surface area contributed by atoms with Gasteiger partial charge in [-0.2, -0.15) is 0 Å². The zero-order valence-electron chi connectivity index (χ0n) is 13.8. The predicted octanol–water partition coefficient (Wildman–Crippen LogP) is 5.25. The Morgan fingerprint density at radius 1 is 1.19 bits per heavy atom. The van der Waals surface area contributed by atoms with E-state index in [9.17, 15) is 0 Å². The summed E-state index contributed by atoms with van der Waals surface area (Å²) in [7, 11) is -1.69.